The summed E-state index contributed by atoms with van der Waals surface area (Å²) < 4.78 is 0. The van der Waals surface area contributed by atoms with Gasteiger partial charge in [-0.25, -0.2) is 9.59 Å². The lowest BCUT2D eigenvalue weighted by molar-refractivity contribution is -0.141. The fourth-order valence-electron chi connectivity index (χ4n) is 2.66. The van der Waals surface area contributed by atoms with Gasteiger partial charge in [-0.3, -0.25) is 0 Å². The summed E-state index contributed by atoms with van der Waals surface area (Å²) in [5.41, 5.74) is 0. The first-order valence-corrected chi connectivity index (χ1v) is 6.47. The minimum Gasteiger partial charge on any atom is -0.480 e. The maximum Gasteiger partial charge on any atom is 0.326 e. The fourth-order valence-corrected chi connectivity index (χ4v) is 2.66. The second kappa shape index (κ2) is 5.14. The first kappa shape index (κ1) is 13.1. The number of carbonyl (C=O) groups excluding carboxylic acids is 1. The Morgan fingerprint density at radius 2 is 1.94 bits per heavy atom. The van der Waals surface area contributed by atoms with E-state index in [0.717, 1.165) is 12.8 Å². The smallest absolute Gasteiger partial charge is 0.326 e. The van der Waals surface area contributed by atoms with Gasteiger partial charge >= 0.3 is 12.0 Å². The molecule has 0 aliphatic carbocycles. The van der Waals surface area contributed by atoms with Crippen LogP contribution in [0.25, 0.3) is 0 Å². The van der Waals surface area contributed by atoms with E-state index in [9.17, 15) is 14.7 Å². The highest BCUT2D eigenvalue weighted by atomic mass is 16.4. The molecule has 102 valence electrons. The lowest BCUT2D eigenvalue weighted by Gasteiger charge is -2.37. The van der Waals surface area contributed by atoms with Crippen LogP contribution in [0, 0.1) is 5.92 Å². The van der Waals surface area contributed by atoms with Crippen molar-refractivity contribution in [2.45, 2.75) is 38.3 Å². The van der Waals surface area contributed by atoms with E-state index in [1.54, 1.807) is 4.90 Å². The zero-order valence-corrected chi connectivity index (χ0v) is 10.6. The van der Waals surface area contributed by atoms with Gasteiger partial charge < -0.3 is 20.0 Å². The molecule has 0 aromatic carbocycles. The fraction of sp³-hybridized carbons (Fsp3) is 0.833. The minimum atomic E-state index is -0.938. The molecule has 0 radical (unpaired) electrons. The molecule has 2 aliphatic rings. The molecule has 0 aromatic rings. The van der Waals surface area contributed by atoms with Gasteiger partial charge in [-0.1, -0.05) is 6.92 Å². The Balaban J connectivity index is 2.01. The van der Waals surface area contributed by atoms with E-state index in [0.29, 0.717) is 26.1 Å². The number of piperidine rings is 1. The molecule has 2 amide bonds. The summed E-state index contributed by atoms with van der Waals surface area (Å²) in [4.78, 5) is 26.3. The van der Waals surface area contributed by atoms with Crippen molar-refractivity contribution in [2.24, 2.45) is 5.92 Å². The van der Waals surface area contributed by atoms with E-state index < -0.39 is 18.1 Å². The van der Waals surface area contributed by atoms with Crippen LogP contribution in [-0.4, -0.2) is 63.8 Å². The Morgan fingerprint density at radius 1 is 1.22 bits per heavy atom. The number of nitrogens with zero attached hydrogens (tertiary/aromatic N) is 2. The Bertz CT molecular complexity index is 347. The number of aliphatic hydroxyl groups is 1. The van der Waals surface area contributed by atoms with Crippen molar-refractivity contribution < 1.29 is 19.8 Å². The monoisotopic (exact) mass is 256 g/mol. The van der Waals surface area contributed by atoms with Crippen molar-refractivity contribution >= 4 is 12.0 Å². The third-order valence-corrected chi connectivity index (χ3v) is 3.97. The number of aliphatic hydroxyl groups excluding tert-OH is 1. The second-order valence-corrected chi connectivity index (χ2v) is 5.25. The van der Waals surface area contributed by atoms with Gasteiger partial charge in [0.25, 0.3) is 0 Å². The summed E-state index contributed by atoms with van der Waals surface area (Å²) in [6.45, 7) is 3.36. The molecule has 2 fully saturated rings. The lowest BCUT2D eigenvalue weighted by atomic mass is 9.96. The number of hydrogen-bond donors (Lipinski definition) is 2. The summed E-state index contributed by atoms with van der Waals surface area (Å²) in [6, 6.07) is -0.945. The maximum absolute atomic E-state index is 12.2. The van der Waals surface area contributed by atoms with Crippen LogP contribution in [0.4, 0.5) is 4.79 Å². The largest absolute Gasteiger partial charge is 0.480 e. The Morgan fingerprint density at radius 3 is 2.56 bits per heavy atom. The Labute approximate surface area is 106 Å². The number of carboxylic acid groups (broad SMARTS) is 1. The van der Waals surface area contributed by atoms with Crippen LogP contribution < -0.4 is 0 Å². The predicted molar refractivity (Wildman–Crippen MR) is 64.1 cm³/mol. The molecule has 2 N–H and O–H groups in total. The number of β-amino-alcohol motifs (C(OH)–C–C–N with tert-alkyl or cyclic N) is 1. The highest BCUT2D eigenvalue weighted by molar-refractivity contribution is 5.83. The van der Waals surface area contributed by atoms with Crippen molar-refractivity contribution in [2.75, 3.05) is 19.6 Å². The van der Waals surface area contributed by atoms with Gasteiger partial charge in [-0.2, -0.15) is 0 Å². The molecule has 2 aliphatic heterocycles. The number of rotatable bonds is 1. The average Bonchev–Trinajstić information content (AvgIpc) is 2.81. The van der Waals surface area contributed by atoms with Gasteiger partial charge in [0.05, 0.1) is 6.10 Å². The molecule has 0 aromatic heterocycles. The van der Waals surface area contributed by atoms with E-state index in [4.69, 9.17) is 5.11 Å². The standard InChI is InChI=1S/C12H20N2O4/c1-8-4-6-13(7-10(8)15)12(18)14-5-2-3-9(14)11(16)17/h8-10,15H,2-7H2,1H3,(H,16,17)/t8?,9-,10?/m0/s1. The van der Waals surface area contributed by atoms with Crippen molar-refractivity contribution in [1.29, 1.82) is 0 Å². The molecular formula is C12H20N2O4. The molecule has 2 unspecified atom stereocenters. The molecule has 0 bridgehead atoms. The number of urea groups is 1. The summed E-state index contributed by atoms with van der Waals surface area (Å²) in [6.07, 6.45) is 1.51. The van der Waals surface area contributed by atoms with Crippen LogP contribution in [0.15, 0.2) is 0 Å². The van der Waals surface area contributed by atoms with Gasteiger partial charge in [-0.15, -0.1) is 0 Å². The number of likely N-dealkylation sites (tertiary alicyclic amines) is 2. The number of amides is 2. The molecule has 6 nitrogen and oxygen atoms in total. The molecule has 0 saturated carbocycles. The van der Waals surface area contributed by atoms with E-state index >= 15 is 0 Å². The van der Waals surface area contributed by atoms with E-state index in [-0.39, 0.29) is 11.9 Å². The Kier molecular flexibility index (Phi) is 3.75. The van der Waals surface area contributed by atoms with E-state index in [2.05, 4.69) is 0 Å². The minimum absolute atomic E-state index is 0.197. The summed E-state index contributed by atoms with van der Waals surface area (Å²) in [5.74, 6) is -0.741. The van der Waals surface area contributed by atoms with Gasteiger partial charge in [0.1, 0.15) is 6.04 Å². The number of carboxylic acids is 1. The molecular weight excluding hydrogens is 236 g/mol. The summed E-state index contributed by atoms with van der Waals surface area (Å²) in [7, 11) is 0. The summed E-state index contributed by atoms with van der Waals surface area (Å²) >= 11 is 0. The first-order chi connectivity index (χ1) is 8.50. The molecule has 2 rings (SSSR count). The highest BCUT2D eigenvalue weighted by Crippen LogP contribution is 2.23. The molecule has 18 heavy (non-hydrogen) atoms. The number of carbonyl (C=O) groups is 2. The zero-order chi connectivity index (χ0) is 13.3. The average molecular weight is 256 g/mol. The number of aliphatic carboxylic acids is 1. The molecule has 0 spiro atoms. The van der Waals surface area contributed by atoms with Crippen molar-refractivity contribution in [3.8, 4) is 0 Å². The van der Waals surface area contributed by atoms with Crippen LogP contribution in [0.1, 0.15) is 26.2 Å². The summed E-state index contributed by atoms with van der Waals surface area (Å²) in [5, 5.41) is 18.8. The van der Waals surface area contributed by atoms with E-state index in [1.807, 2.05) is 6.92 Å². The van der Waals surface area contributed by atoms with Gasteiger partial charge in [0, 0.05) is 19.6 Å². The van der Waals surface area contributed by atoms with Crippen molar-refractivity contribution in [3.05, 3.63) is 0 Å². The lowest BCUT2D eigenvalue weighted by Crippen LogP contribution is -2.53. The molecule has 6 heteroatoms. The molecule has 2 heterocycles. The molecule has 2 saturated heterocycles. The van der Waals surface area contributed by atoms with Gasteiger partial charge in [0.2, 0.25) is 0 Å². The zero-order valence-electron chi connectivity index (χ0n) is 10.6. The van der Waals surface area contributed by atoms with Crippen LogP contribution >= 0.6 is 0 Å². The topological polar surface area (TPSA) is 81.1 Å². The number of hydrogen-bond acceptors (Lipinski definition) is 3. The van der Waals surface area contributed by atoms with Crippen molar-refractivity contribution in [1.82, 2.24) is 9.80 Å². The van der Waals surface area contributed by atoms with Gasteiger partial charge in [0.15, 0.2) is 0 Å². The SMILES string of the molecule is CC1CCN(C(=O)N2CCC[C@H]2C(=O)O)CC1O. The van der Waals surface area contributed by atoms with Crippen LogP contribution in [0.2, 0.25) is 0 Å². The third-order valence-electron chi connectivity index (χ3n) is 3.97. The highest BCUT2D eigenvalue weighted by Gasteiger charge is 2.38. The van der Waals surface area contributed by atoms with Crippen LogP contribution in [0.5, 0.6) is 0 Å². The normalized spacial score (nSPS) is 32.7. The third kappa shape index (κ3) is 2.43. The first-order valence-electron chi connectivity index (χ1n) is 6.47. The van der Waals surface area contributed by atoms with Crippen LogP contribution in [-0.2, 0) is 4.79 Å². The quantitative estimate of drug-likeness (QED) is 0.709. The maximum atomic E-state index is 12.2. The van der Waals surface area contributed by atoms with E-state index in [1.165, 1.54) is 4.90 Å². The Hall–Kier alpha value is -1.30. The molecule has 3 atom stereocenters. The second-order valence-electron chi connectivity index (χ2n) is 5.25. The van der Waals surface area contributed by atoms with Crippen LogP contribution in [0.3, 0.4) is 0 Å². The predicted octanol–water partition coefficient (Wildman–Crippen LogP) is 0.358. The van der Waals surface area contributed by atoms with Crippen molar-refractivity contribution in [3.63, 3.8) is 0 Å². The van der Waals surface area contributed by atoms with Gasteiger partial charge in [-0.05, 0) is 25.2 Å².